The molecule has 0 bridgehead atoms. The highest BCUT2D eigenvalue weighted by Gasteiger charge is 2.14. The number of rotatable bonds is 8. The first-order valence-corrected chi connectivity index (χ1v) is 11.5. The Hall–Kier alpha value is -0.920. The van der Waals surface area contributed by atoms with E-state index in [1.807, 2.05) is 0 Å². The van der Waals surface area contributed by atoms with Crippen LogP contribution in [0.1, 0.15) is 20.7 Å². The molecule has 2 N–H and O–H groups in total. The van der Waals surface area contributed by atoms with Gasteiger partial charge in [0.15, 0.2) is 0 Å². The fourth-order valence-electron chi connectivity index (χ4n) is 1.42. The third-order valence-electron chi connectivity index (χ3n) is 2.48. The van der Waals surface area contributed by atoms with Gasteiger partial charge in [-0.2, -0.15) is 16.8 Å². The van der Waals surface area contributed by atoms with Crippen LogP contribution in [-0.2, 0) is 20.2 Å². The second-order valence-electron chi connectivity index (χ2n) is 4.42. The highest BCUT2D eigenvalue weighted by atomic mass is 32.2. The molecule has 12 heteroatoms. The number of benzene rings is 1. The molecule has 0 fully saturated rings. The highest BCUT2D eigenvalue weighted by Crippen LogP contribution is 2.18. The van der Waals surface area contributed by atoms with E-state index in [-0.39, 0.29) is 22.6 Å². The molecule has 0 saturated heterocycles. The summed E-state index contributed by atoms with van der Waals surface area (Å²) in [5.74, 6) is -1.38. The Morgan fingerprint density at radius 2 is 1.21 bits per heavy atom. The van der Waals surface area contributed by atoms with Crippen LogP contribution in [0.2, 0.25) is 0 Å². The van der Waals surface area contributed by atoms with Crippen LogP contribution in [0, 0.1) is 0 Å². The molecule has 0 saturated carbocycles. The lowest BCUT2D eigenvalue weighted by Gasteiger charge is -2.04. The summed E-state index contributed by atoms with van der Waals surface area (Å²) in [5.41, 5.74) is 0.355. The number of hydrogen-bond donors (Lipinski definition) is 2. The van der Waals surface area contributed by atoms with Crippen molar-refractivity contribution in [2.45, 2.75) is 0 Å². The van der Waals surface area contributed by atoms with Gasteiger partial charge in [-0.25, -0.2) is 0 Å². The number of hydrogen-bond acceptors (Lipinski definition) is 8. The van der Waals surface area contributed by atoms with Gasteiger partial charge in [0.25, 0.3) is 20.2 Å². The van der Waals surface area contributed by atoms with Gasteiger partial charge in [-0.3, -0.25) is 18.7 Å². The van der Waals surface area contributed by atoms with Gasteiger partial charge in [0.05, 0.1) is 11.5 Å². The van der Waals surface area contributed by atoms with Crippen LogP contribution in [0.4, 0.5) is 0 Å². The molecule has 0 atom stereocenters. The van der Waals surface area contributed by atoms with Crippen molar-refractivity contribution in [1.29, 1.82) is 0 Å². The van der Waals surface area contributed by atoms with Gasteiger partial charge in [-0.05, 0) is 6.07 Å². The van der Waals surface area contributed by atoms with E-state index in [1.54, 1.807) is 0 Å². The van der Waals surface area contributed by atoms with Gasteiger partial charge in [0.1, 0.15) is 0 Å². The highest BCUT2D eigenvalue weighted by molar-refractivity contribution is 8.14. The zero-order valence-electron chi connectivity index (χ0n) is 12.1. The Morgan fingerprint density at radius 1 is 0.833 bits per heavy atom. The lowest BCUT2D eigenvalue weighted by Crippen LogP contribution is -2.09. The van der Waals surface area contributed by atoms with Gasteiger partial charge in [-0.1, -0.05) is 41.7 Å². The smallest absolute Gasteiger partial charge is 0.265 e. The first kappa shape index (κ1) is 21.1. The number of carbonyl (C=O) groups excluding carboxylic acids is 2. The molecular weight excluding hydrogens is 400 g/mol. The summed E-state index contributed by atoms with van der Waals surface area (Å²) in [6, 6.07) is 5.67. The van der Waals surface area contributed by atoms with Crippen LogP contribution in [-0.4, -0.2) is 59.2 Å². The Labute approximate surface area is 147 Å². The summed E-state index contributed by atoms with van der Waals surface area (Å²) in [7, 11) is -8.29. The zero-order chi connectivity index (χ0) is 18.4. The maximum atomic E-state index is 11.9. The van der Waals surface area contributed by atoms with E-state index in [1.165, 1.54) is 24.3 Å². The van der Waals surface area contributed by atoms with Crippen molar-refractivity contribution in [2.24, 2.45) is 0 Å². The molecule has 134 valence electrons. The average Bonchev–Trinajstić information content (AvgIpc) is 2.44. The van der Waals surface area contributed by atoms with Gasteiger partial charge < -0.3 is 0 Å². The predicted molar refractivity (Wildman–Crippen MR) is 92.9 cm³/mol. The summed E-state index contributed by atoms with van der Waals surface area (Å²) in [6.07, 6.45) is 0. The van der Waals surface area contributed by atoms with Gasteiger partial charge >= 0.3 is 0 Å². The fraction of sp³-hybridized carbons (Fsp3) is 0.333. The van der Waals surface area contributed by atoms with E-state index < -0.39 is 42.0 Å². The van der Waals surface area contributed by atoms with E-state index in [9.17, 15) is 26.4 Å². The predicted octanol–water partition coefficient (Wildman–Crippen LogP) is 1.21. The van der Waals surface area contributed by atoms with Gasteiger partial charge in [-0.15, -0.1) is 0 Å². The van der Waals surface area contributed by atoms with Crippen molar-refractivity contribution in [3.8, 4) is 0 Å². The summed E-state index contributed by atoms with van der Waals surface area (Å²) in [4.78, 5) is 23.8. The minimum atomic E-state index is -4.15. The monoisotopic (exact) mass is 414 g/mol. The van der Waals surface area contributed by atoms with Crippen LogP contribution in [0.25, 0.3) is 0 Å². The molecule has 1 rings (SSSR count). The Balaban J connectivity index is 2.65. The van der Waals surface area contributed by atoms with Crippen molar-refractivity contribution < 1.29 is 35.5 Å². The van der Waals surface area contributed by atoms with E-state index >= 15 is 0 Å². The van der Waals surface area contributed by atoms with E-state index in [4.69, 9.17) is 9.11 Å². The van der Waals surface area contributed by atoms with Crippen LogP contribution < -0.4 is 0 Å². The zero-order valence-corrected chi connectivity index (χ0v) is 15.4. The minimum absolute atomic E-state index is 0.126. The van der Waals surface area contributed by atoms with Crippen molar-refractivity contribution in [3.63, 3.8) is 0 Å². The first-order chi connectivity index (χ1) is 11.0. The van der Waals surface area contributed by atoms with Crippen molar-refractivity contribution in [3.05, 3.63) is 35.4 Å². The third-order valence-corrected chi connectivity index (χ3v) is 6.25. The molecular formula is C12H14O8S4. The Morgan fingerprint density at radius 3 is 1.54 bits per heavy atom. The van der Waals surface area contributed by atoms with E-state index in [2.05, 4.69) is 0 Å². The quantitative estimate of drug-likeness (QED) is 0.596. The molecule has 0 unspecified atom stereocenters. The maximum Gasteiger partial charge on any atom is 0.265 e. The second kappa shape index (κ2) is 8.97. The molecule has 0 aliphatic rings. The lowest BCUT2D eigenvalue weighted by atomic mass is 10.1. The van der Waals surface area contributed by atoms with Crippen molar-refractivity contribution >= 4 is 54.0 Å². The van der Waals surface area contributed by atoms with Crippen molar-refractivity contribution in [2.75, 3.05) is 23.0 Å². The lowest BCUT2D eigenvalue weighted by molar-refractivity contribution is 0.108. The number of thioether (sulfide) groups is 2. The standard InChI is InChI=1S/C12H14O8S4/c13-11(21-4-6-23(15,16)17)9-2-1-3-10(8-9)12(14)22-5-7-24(18,19)20/h1-3,8H,4-7H2,(H,15,16,17)(H,18,19,20). The van der Waals surface area contributed by atoms with Gasteiger partial charge in [0, 0.05) is 22.6 Å². The van der Waals surface area contributed by atoms with Crippen LogP contribution in [0.3, 0.4) is 0 Å². The molecule has 0 radical (unpaired) electrons. The molecule has 0 aromatic heterocycles. The largest absolute Gasteiger partial charge is 0.286 e. The summed E-state index contributed by atoms with van der Waals surface area (Å²) in [6.45, 7) is 0. The second-order valence-corrected chi connectivity index (χ2v) is 9.70. The normalized spacial score (nSPS) is 12.1. The molecule has 8 nitrogen and oxygen atoms in total. The van der Waals surface area contributed by atoms with Crippen LogP contribution >= 0.6 is 23.5 Å². The molecule has 0 aliphatic heterocycles. The van der Waals surface area contributed by atoms with E-state index in [0.29, 0.717) is 23.5 Å². The topological polar surface area (TPSA) is 143 Å². The fourth-order valence-corrected chi connectivity index (χ4v) is 4.73. The summed E-state index contributed by atoms with van der Waals surface area (Å²) in [5, 5.41) is -0.924. The van der Waals surface area contributed by atoms with Crippen molar-refractivity contribution in [1.82, 2.24) is 0 Å². The molecule has 0 heterocycles. The SMILES string of the molecule is O=C(SCCS(=O)(=O)O)c1cccc(C(=O)SCCS(=O)(=O)O)c1. The van der Waals surface area contributed by atoms with Crippen LogP contribution in [0.5, 0.6) is 0 Å². The molecule has 24 heavy (non-hydrogen) atoms. The maximum absolute atomic E-state index is 11.9. The first-order valence-electron chi connectivity index (χ1n) is 6.32. The van der Waals surface area contributed by atoms with Gasteiger partial charge in [0.2, 0.25) is 10.2 Å². The Bertz CT molecular complexity index is 748. The molecule has 0 aliphatic carbocycles. The molecule has 1 aromatic rings. The Kier molecular flexibility index (Phi) is 7.89. The number of carbonyl (C=O) groups is 2. The molecule has 1 aromatic carbocycles. The minimum Gasteiger partial charge on any atom is -0.286 e. The summed E-state index contributed by atoms with van der Waals surface area (Å²) < 4.78 is 59.5. The van der Waals surface area contributed by atoms with E-state index in [0.717, 1.165) is 0 Å². The third kappa shape index (κ3) is 8.80. The summed E-state index contributed by atoms with van der Waals surface area (Å²) >= 11 is 1.38. The molecule has 0 amide bonds. The average molecular weight is 415 g/mol. The molecule has 0 spiro atoms. The van der Waals surface area contributed by atoms with Crippen LogP contribution in [0.15, 0.2) is 24.3 Å².